The van der Waals surface area contributed by atoms with Gasteiger partial charge in [0.25, 0.3) is 22.7 Å². The summed E-state index contributed by atoms with van der Waals surface area (Å²) >= 11 is 45.4. The van der Waals surface area contributed by atoms with Crippen LogP contribution in [0.4, 0.5) is 22.7 Å². The Morgan fingerprint density at radius 1 is 0.645 bits per heavy atom. The number of benzene rings is 4. The normalized spacial score (nSPS) is 9.21. The molecule has 2 N–H and O–H groups in total. The van der Waals surface area contributed by atoms with Crippen LogP contribution in [0.1, 0.15) is 56.3 Å². The minimum atomic E-state index is -0.689. The Kier molecular flexibility index (Phi) is 36.4. The van der Waals surface area contributed by atoms with Gasteiger partial charge < -0.3 is 15.2 Å². The molecule has 0 fully saturated rings. The first-order valence-electron chi connectivity index (χ1n) is 15.0. The van der Waals surface area contributed by atoms with Gasteiger partial charge in [-0.15, -0.1) is 12.4 Å². The molecule has 0 atom stereocenters. The summed E-state index contributed by atoms with van der Waals surface area (Å²) in [5.74, 6) is -0.441. The molecule has 0 unspecified atom stereocenters. The maximum absolute atomic E-state index is 11.1. The first kappa shape index (κ1) is 67.8. The van der Waals surface area contributed by atoms with Crippen LogP contribution in [0.5, 0.6) is 0 Å². The second-order valence-electron chi connectivity index (χ2n) is 10.2. The molecule has 4 aromatic rings. The van der Waals surface area contributed by atoms with Crippen molar-refractivity contribution in [2.45, 2.75) is 49.3 Å². The molecule has 0 aliphatic rings. The molecule has 17 nitrogen and oxygen atoms in total. The third kappa shape index (κ3) is 20.1. The standard InChI is InChI=1S/C11H12Cl2N2O4.C7H5Cl2NO3.C7H3Cl2NO3.C7H5Cl2NO2.3CH4.ClH.V/c1-2-19-10(16)6-14-5-7-9(15(17)18)4-3-8(12)11(7)13;2*8-5-1-2-6(10(12)13)4(3-11)7(5)9;1-4-6(10(11)12)3-2-5(8)7(4)9;;;;;/h3-4,14H,2,5-6H2,1H3;1-2,11H,3H2;1-3H;2-3H,1H3;3*1H4;1H;. The van der Waals surface area contributed by atoms with Gasteiger partial charge >= 0.3 is 5.97 Å². The monoisotopic (exact) mass is 1090 g/mol. The van der Waals surface area contributed by atoms with Crippen LogP contribution in [-0.2, 0) is 41.2 Å². The van der Waals surface area contributed by atoms with E-state index in [1.807, 2.05) is 0 Å². The Morgan fingerprint density at radius 3 is 1.39 bits per heavy atom. The predicted octanol–water partition coefficient (Wildman–Crippen LogP) is 13.2. The predicted molar refractivity (Wildman–Crippen MR) is 244 cm³/mol. The van der Waals surface area contributed by atoms with Crippen molar-refractivity contribution in [2.75, 3.05) is 13.2 Å². The van der Waals surface area contributed by atoms with Crippen LogP contribution in [0.3, 0.4) is 0 Å². The van der Waals surface area contributed by atoms with Crippen LogP contribution in [0.25, 0.3) is 0 Å². The van der Waals surface area contributed by atoms with Crippen LogP contribution in [0.15, 0.2) is 48.5 Å². The van der Waals surface area contributed by atoms with Crippen molar-refractivity contribution in [3.63, 3.8) is 0 Å². The van der Waals surface area contributed by atoms with E-state index < -0.39 is 32.3 Å². The molecule has 0 bridgehead atoms. The molecular weight excluding hydrogens is 1050 g/mol. The van der Waals surface area contributed by atoms with Crippen LogP contribution in [-0.4, -0.2) is 50.2 Å². The molecule has 62 heavy (non-hydrogen) atoms. The van der Waals surface area contributed by atoms with E-state index in [0.29, 0.717) is 16.9 Å². The smallest absolute Gasteiger partial charge is 0.319 e. The van der Waals surface area contributed by atoms with Crippen molar-refractivity contribution in [1.29, 1.82) is 0 Å². The SMILES string of the molecule is C.C.C.CCOC(=O)CNCc1c([N+](=O)[O-])ccc(Cl)c1Cl.Cc1c([N+](=O)[O-])ccc(Cl)c1Cl.Cl.O=Cc1c([N+](=O)[O-])ccc(Cl)c1Cl.O=[N+]([O-])c1ccc(Cl)c(Cl)c1CO.[V]. The molecule has 4 aromatic carbocycles. The van der Waals surface area contributed by atoms with Crippen molar-refractivity contribution in [2.24, 2.45) is 0 Å². The fraction of sp³-hybridized carbons (Fsp3) is 0.257. The van der Waals surface area contributed by atoms with E-state index >= 15 is 0 Å². The van der Waals surface area contributed by atoms with E-state index in [0.717, 1.165) is 6.07 Å². The number of rotatable bonds is 11. The van der Waals surface area contributed by atoms with Crippen LogP contribution >= 0.6 is 105 Å². The summed E-state index contributed by atoms with van der Waals surface area (Å²) in [5.41, 5.74) is -0.243. The Balaban J connectivity index is -0.000000230. The Hall–Kier alpha value is -3.27. The first-order chi connectivity index (χ1) is 26.7. The second-order valence-corrected chi connectivity index (χ2v) is 13.4. The molecule has 0 amide bonds. The summed E-state index contributed by atoms with van der Waals surface area (Å²) in [6, 6.07) is 10.3. The molecule has 0 heterocycles. The number of nitrogens with one attached hydrogen (secondary N) is 1. The van der Waals surface area contributed by atoms with E-state index in [2.05, 4.69) is 5.32 Å². The van der Waals surface area contributed by atoms with Crippen LogP contribution < -0.4 is 5.32 Å². The Bertz CT molecular complexity index is 2170. The first-order valence-corrected chi connectivity index (χ1v) is 18.0. The van der Waals surface area contributed by atoms with Gasteiger partial charge in [0.05, 0.1) is 90.8 Å². The topological polar surface area (TPSA) is 248 Å². The largest absolute Gasteiger partial charge is 0.465 e. The number of esters is 1. The summed E-state index contributed by atoms with van der Waals surface area (Å²) in [6.45, 7) is 3.01. The minimum Gasteiger partial charge on any atom is -0.465 e. The fourth-order valence-electron chi connectivity index (χ4n) is 3.99. The molecule has 0 spiro atoms. The number of nitro groups is 4. The zero-order valence-corrected chi connectivity index (χ0v) is 37.9. The molecule has 0 saturated carbocycles. The van der Waals surface area contributed by atoms with Crippen molar-refractivity contribution < 1.29 is 57.7 Å². The molecule has 1 radical (unpaired) electrons. The number of aldehydes is 1. The van der Waals surface area contributed by atoms with Gasteiger partial charge in [0, 0.05) is 54.9 Å². The van der Waals surface area contributed by atoms with E-state index in [-0.39, 0.29) is 148 Å². The maximum atomic E-state index is 11.1. The van der Waals surface area contributed by atoms with Crippen molar-refractivity contribution >= 4 is 140 Å². The van der Waals surface area contributed by atoms with Crippen LogP contribution in [0.2, 0.25) is 40.2 Å². The summed E-state index contributed by atoms with van der Waals surface area (Å²) < 4.78 is 4.72. The number of carbonyl (C=O) groups is 2. The average Bonchev–Trinajstić information content (AvgIpc) is 3.14. The summed E-state index contributed by atoms with van der Waals surface area (Å²) in [5, 5.41) is 54.8. The Morgan fingerprint density at radius 2 is 1.00 bits per heavy atom. The van der Waals surface area contributed by atoms with Gasteiger partial charge in [-0.05, 0) is 38.1 Å². The second kappa shape index (κ2) is 33.3. The summed E-state index contributed by atoms with van der Waals surface area (Å²) in [6.07, 6.45) is 0.312. The number of ether oxygens (including phenoxy) is 1. The molecule has 343 valence electrons. The third-order valence-corrected chi connectivity index (χ3v) is 10.1. The number of halogens is 9. The van der Waals surface area contributed by atoms with Crippen LogP contribution in [0, 0.1) is 47.4 Å². The van der Waals surface area contributed by atoms with Gasteiger partial charge in [-0.3, -0.25) is 50.0 Å². The average molecular weight is 1090 g/mol. The number of hydrogen-bond donors (Lipinski definition) is 2. The van der Waals surface area contributed by atoms with Gasteiger partial charge in [0.15, 0.2) is 6.29 Å². The number of hydrogen-bond acceptors (Lipinski definition) is 13. The number of aliphatic hydroxyl groups excluding tert-OH is 1. The number of aliphatic hydroxyl groups is 1. The van der Waals surface area contributed by atoms with Crippen molar-refractivity contribution in [3.8, 4) is 0 Å². The number of carbonyl (C=O) groups excluding carboxylic acids is 2. The van der Waals surface area contributed by atoms with Gasteiger partial charge in [-0.2, -0.15) is 0 Å². The van der Waals surface area contributed by atoms with E-state index in [4.69, 9.17) is 103 Å². The quantitative estimate of drug-likeness (QED) is 0.0614. The van der Waals surface area contributed by atoms with E-state index in [1.165, 1.54) is 42.5 Å². The molecule has 0 aliphatic heterocycles. The molecule has 27 heteroatoms. The van der Waals surface area contributed by atoms with E-state index in [1.54, 1.807) is 13.8 Å². The van der Waals surface area contributed by atoms with Gasteiger partial charge in [-0.1, -0.05) is 115 Å². The van der Waals surface area contributed by atoms with Crippen molar-refractivity contribution in [3.05, 3.63) is 151 Å². The third-order valence-electron chi connectivity index (χ3n) is 6.70. The summed E-state index contributed by atoms with van der Waals surface area (Å²) in [7, 11) is 0. The fourth-order valence-corrected chi connectivity index (χ4v) is 5.53. The molecule has 0 saturated heterocycles. The molecule has 0 aromatic heterocycles. The zero-order chi connectivity index (χ0) is 43.7. The minimum absolute atomic E-state index is 0. The van der Waals surface area contributed by atoms with Crippen molar-refractivity contribution in [1.82, 2.24) is 5.32 Å². The summed E-state index contributed by atoms with van der Waals surface area (Å²) in [4.78, 5) is 61.3. The molecule has 4 rings (SSSR count). The number of nitro benzene ring substituents is 4. The Labute approximate surface area is 414 Å². The number of nitrogens with zero attached hydrogens (tertiary/aromatic N) is 4. The molecule has 0 aliphatic carbocycles. The van der Waals surface area contributed by atoms with Gasteiger partial charge in [0.1, 0.15) is 5.56 Å². The van der Waals surface area contributed by atoms with E-state index in [9.17, 15) is 50.0 Å². The zero-order valence-electron chi connectivity index (χ0n) is 29.6. The van der Waals surface area contributed by atoms with Gasteiger partial charge in [0.2, 0.25) is 0 Å². The maximum Gasteiger partial charge on any atom is 0.319 e. The van der Waals surface area contributed by atoms with Gasteiger partial charge in [-0.25, -0.2) is 0 Å². The molecular formula is C35H38Cl9N5O12V.